The van der Waals surface area contributed by atoms with Crippen LogP contribution in [0.25, 0.3) is 0 Å². The molecule has 1 N–H and O–H groups in total. The molecular weight excluding hydrogens is 554 g/mol. The monoisotopic (exact) mass is 593 g/mol. The van der Waals surface area contributed by atoms with Gasteiger partial charge in [0.1, 0.15) is 6.04 Å². The summed E-state index contributed by atoms with van der Waals surface area (Å²) in [7, 11) is -3.64. The van der Waals surface area contributed by atoms with Gasteiger partial charge in [-0.25, -0.2) is 8.42 Å². The van der Waals surface area contributed by atoms with E-state index in [0.717, 1.165) is 22.9 Å². The molecule has 0 fully saturated rings. The number of benzene rings is 3. The molecule has 0 radical (unpaired) electrons. The molecule has 0 aromatic heterocycles. The number of carbonyl (C=O) groups excluding carboxylic acids is 2. The van der Waals surface area contributed by atoms with Gasteiger partial charge in [0.25, 0.3) is 0 Å². The summed E-state index contributed by atoms with van der Waals surface area (Å²) in [5.41, 5.74) is 3.34. The molecule has 1 aliphatic rings. The molecule has 0 spiro atoms. The average Bonchev–Trinajstić information content (AvgIpc) is 3.40. The molecule has 3 aromatic rings. The van der Waals surface area contributed by atoms with Crippen LogP contribution in [0.1, 0.15) is 43.4 Å². The predicted molar refractivity (Wildman–Crippen MR) is 163 cm³/mol. The fourth-order valence-electron chi connectivity index (χ4n) is 4.99. The summed E-state index contributed by atoms with van der Waals surface area (Å²) < 4.78 is 37.5. The Labute approximate surface area is 248 Å². The highest BCUT2D eigenvalue weighted by atomic mass is 32.2. The molecule has 42 heavy (non-hydrogen) atoms. The van der Waals surface area contributed by atoms with Crippen LogP contribution in [0.2, 0.25) is 0 Å². The first-order chi connectivity index (χ1) is 20.0. The summed E-state index contributed by atoms with van der Waals surface area (Å²) in [5.74, 6) is 0.572. The first-order valence-electron chi connectivity index (χ1n) is 14.1. The van der Waals surface area contributed by atoms with Gasteiger partial charge in [0.05, 0.1) is 11.9 Å². The number of hydrogen-bond acceptors (Lipinski definition) is 6. The van der Waals surface area contributed by atoms with Gasteiger partial charge in [-0.1, -0.05) is 60.2 Å². The van der Waals surface area contributed by atoms with E-state index in [2.05, 4.69) is 5.32 Å². The van der Waals surface area contributed by atoms with Crippen molar-refractivity contribution < 1.29 is 27.5 Å². The molecule has 224 valence electrons. The quantitative estimate of drug-likeness (QED) is 0.314. The molecule has 0 saturated heterocycles. The number of ether oxygens (including phenoxy) is 2. The van der Waals surface area contributed by atoms with Crippen molar-refractivity contribution in [1.82, 2.24) is 10.2 Å². The maximum atomic E-state index is 13.9. The minimum atomic E-state index is -3.64. The van der Waals surface area contributed by atoms with Gasteiger partial charge in [-0.2, -0.15) is 0 Å². The molecule has 3 aromatic carbocycles. The van der Waals surface area contributed by atoms with Crippen LogP contribution < -0.4 is 19.1 Å². The van der Waals surface area contributed by atoms with Crippen molar-refractivity contribution in [3.63, 3.8) is 0 Å². The van der Waals surface area contributed by atoms with E-state index < -0.39 is 16.1 Å². The third kappa shape index (κ3) is 8.25. The first-order valence-corrected chi connectivity index (χ1v) is 15.9. The molecule has 0 bridgehead atoms. The maximum absolute atomic E-state index is 13.9. The molecular formula is C32H39N3O6S. The van der Waals surface area contributed by atoms with Crippen LogP contribution in [0.5, 0.6) is 11.5 Å². The van der Waals surface area contributed by atoms with E-state index >= 15 is 0 Å². The second kappa shape index (κ2) is 13.7. The number of nitrogens with one attached hydrogen (secondary N) is 1. The van der Waals surface area contributed by atoms with Crippen LogP contribution >= 0.6 is 0 Å². The van der Waals surface area contributed by atoms with Gasteiger partial charge in [0.2, 0.25) is 28.6 Å². The summed E-state index contributed by atoms with van der Waals surface area (Å²) in [6.45, 7) is 6.18. The second-order valence-electron chi connectivity index (χ2n) is 10.9. The fraction of sp³-hybridized carbons (Fsp3) is 0.375. The van der Waals surface area contributed by atoms with Crippen LogP contribution in [-0.4, -0.2) is 56.8 Å². The van der Waals surface area contributed by atoms with E-state index in [0.29, 0.717) is 23.6 Å². The highest BCUT2D eigenvalue weighted by Crippen LogP contribution is 2.36. The Morgan fingerprint density at radius 2 is 1.64 bits per heavy atom. The Hall–Kier alpha value is -4.05. The number of anilines is 1. The lowest BCUT2D eigenvalue weighted by Crippen LogP contribution is -2.51. The number of carbonyl (C=O) groups is 2. The Kier molecular flexibility index (Phi) is 10.1. The molecule has 0 saturated carbocycles. The fourth-order valence-corrected chi connectivity index (χ4v) is 5.94. The number of hydrogen-bond donors (Lipinski definition) is 1. The van der Waals surface area contributed by atoms with Gasteiger partial charge >= 0.3 is 0 Å². The number of sulfonamides is 1. The van der Waals surface area contributed by atoms with Crippen molar-refractivity contribution in [3.8, 4) is 11.5 Å². The van der Waals surface area contributed by atoms with E-state index in [1.165, 1.54) is 4.31 Å². The average molecular weight is 594 g/mol. The summed E-state index contributed by atoms with van der Waals surface area (Å²) in [6.07, 6.45) is 1.80. The molecule has 0 aliphatic carbocycles. The Morgan fingerprint density at radius 3 is 2.33 bits per heavy atom. The highest BCUT2D eigenvalue weighted by Gasteiger charge is 2.31. The van der Waals surface area contributed by atoms with Crippen LogP contribution in [0.15, 0.2) is 72.8 Å². The van der Waals surface area contributed by atoms with Crippen molar-refractivity contribution in [2.75, 3.05) is 23.9 Å². The smallest absolute Gasteiger partial charge is 0.243 e. The topological polar surface area (TPSA) is 105 Å². The van der Waals surface area contributed by atoms with E-state index in [4.69, 9.17) is 9.47 Å². The van der Waals surface area contributed by atoms with Gasteiger partial charge < -0.3 is 19.7 Å². The molecule has 4 rings (SSSR count). The number of fused-ring (bicyclic) bond motifs is 1. The van der Waals surface area contributed by atoms with E-state index in [-0.39, 0.29) is 50.6 Å². The van der Waals surface area contributed by atoms with Crippen LogP contribution in [0.4, 0.5) is 5.69 Å². The molecule has 1 heterocycles. The first kappa shape index (κ1) is 30.9. The standard InChI is InChI=1S/C32H39N3O6S/c1-23(2)33-32(37)28(19-25-11-6-5-7-12-25)34(21-26-13-8-10-24(3)18-26)31(36)14-9-17-35(42(4,38)39)27-15-16-29-30(20-27)41-22-40-29/h5-8,10-13,15-16,18,20,23,28H,9,14,17,19,21-22H2,1-4H3,(H,33,37)/t28-/m1/s1. The lowest BCUT2D eigenvalue weighted by atomic mass is 10.0. The minimum absolute atomic E-state index is 0.0582. The van der Waals surface area contributed by atoms with E-state index in [9.17, 15) is 18.0 Å². The van der Waals surface area contributed by atoms with E-state index in [1.807, 2.05) is 75.4 Å². The Bertz CT molecular complexity index is 1490. The summed E-state index contributed by atoms with van der Waals surface area (Å²) in [6, 6.07) is 21.6. The van der Waals surface area contributed by atoms with Gasteiger partial charge in [-0.15, -0.1) is 0 Å². The SMILES string of the molecule is Cc1cccc(CN(C(=O)CCCN(c2ccc3c(c2)OCO3)S(C)(=O)=O)[C@H](Cc2ccccc2)C(=O)NC(C)C)c1. The molecule has 9 nitrogen and oxygen atoms in total. The summed E-state index contributed by atoms with van der Waals surface area (Å²) in [5, 5.41) is 2.99. The van der Waals surface area contributed by atoms with Crippen molar-refractivity contribution in [1.29, 1.82) is 0 Å². The number of rotatable bonds is 13. The van der Waals surface area contributed by atoms with Crippen molar-refractivity contribution >= 4 is 27.5 Å². The van der Waals surface area contributed by atoms with Crippen molar-refractivity contribution in [3.05, 3.63) is 89.5 Å². The number of amides is 2. The zero-order chi connectivity index (χ0) is 30.3. The minimum Gasteiger partial charge on any atom is -0.454 e. The zero-order valence-corrected chi connectivity index (χ0v) is 25.4. The van der Waals surface area contributed by atoms with Crippen LogP contribution in [-0.2, 0) is 32.6 Å². The predicted octanol–water partition coefficient (Wildman–Crippen LogP) is 4.43. The third-order valence-corrected chi connectivity index (χ3v) is 8.13. The Balaban J connectivity index is 1.57. The second-order valence-corrected chi connectivity index (χ2v) is 12.8. The zero-order valence-electron chi connectivity index (χ0n) is 24.6. The van der Waals surface area contributed by atoms with Crippen LogP contribution in [0, 0.1) is 6.92 Å². The summed E-state index contributed by atoms with van der Waals surface area (Å²) >= 11 is 0. The normalized spacial score (nSPS) is 13.1. The van der Waals surface area contributed by atoms with Gasteiger partial charge in [0, 0.05) is 38.0 Å². The van der Waals surface area contributed by atoms with Crippen LogP contribution in [0.3, 0.4) is 0 Å². The summed E-state index contributed by atoms with van der Waals surface area (Å²) in [4.78, 5) is 29.1. The molecule has 10 heteroatoms. The largest absolute Gasteiger partial charge is 0.454 e. The molecule has 0 unspecified atom stereocenters. The Morgan fingerprint density at radius 1 is 0.929 bits per heavy atom. The molecule has 1 aliphatic heterocycles. The van der Waals surface area contributed by atoms with Crippen molar-refractivity contribution in [2.24, 2.45) is 0 Å². The number of aryl methyl sites for hydroxylation is 1. The van der Waals surface area contributed by atoms with Gasteiger partial charge in [0.15, 0.2) is 11.5 Å². The molecule has 1 atom stereocenters. The lowest BCUT2D eigenvalue weighted by molar-refractivity contribution is -0.141. The molecule has 2 amide bonds. The highest BCUT2D eigenvalue weighted by molar-refractivity contribution is 7.92. The van der Waals surface area contributed by atoms with Crippen molar-refractivity contribution in [2.45, 2.75) is 58.7 Å². The lowest BCUT2D eigenvalue weighted by Gasteiger charge is -2.32. The van der Waals surface area contributed by atoms with E-state index in [1.54, 1.807) is 23.1 Å². The maximum Gasteiger partial charge on any atom is 0.243 e. The van der Waals surface area contributed by atoms with Gasteiger partial charge in [-0.05, 0) is 50.5 Å². The van der Waals surface area contributed by atoms with Gasteiger partial charge in [-0.3, -0.25) is 13.9 Å². The third-order valence-electron chi connectivity index (χ3n) is 6.93. The number of nitrogens with zero attached hydrogens (tertiary/aromatic N) is 2.